The fraction of sp³-hybridized carbons (Fsp3) is 0.0769. The Morgan fingerprint density at radius 2 is 1.80 bits per heavy atom. The second-order valence-corrected chi connectivity index (χ2v) is 3.66. The molecule has 0 atom stereocenters. The van der Waals surface area contributed by atoms with Crippen molar-refractivity contribution in [3.8, 4) is 11.1 Å². The summed E-state index contributed by atoms with van der Waals surface area (Å²) in [4.78, 5) is 15.9. The van der Waals surface area contributed by atoms with Gasteiger partial charge in [0.25, 0.3) is 0 Å². The minimum absolute atomic E-state index is 0.115. The van der Waals surface area contributed by atoms with Crippen molar-refractivity contribution in [1.29, 1.82) is 0 Å². The summed E-state index contributed by atoms with van der Waals surface area (Å²) in [7, 11) is 0. The number of carbonyl (C=O) groups excluding carboxylic acids is 1. The lowest BCUT2D eigenvalue weighted by molar-refractivity contribution is 0.0987. The first-order valence-electron chi connectivity index (χ1n) is 4.93. The van der Waals surface area contributed by atoms with Crippen molar-refractivity contribution >= 4 is 5.78 Å². The van der Waals surface area contributed by atoms with E-state index in [1.54, 1.807) is 6.20 Å². The third kappa shape index (κ3) is 1.18. The highest BCUT2D eigenvalue weighted by molar-refractivity contribution is 6.05. The lowest BCUT2D eigenvalue weighted by atomic mass is 9.88. The normalized spacial score (nSPS) is 13.2. The quantitative estimate of drug-likeness (QED) is 0.646. The smallest absolute Gasteiger partial charge is 0.186 e. The molecule has 15 heavy (non-hydrogen) atoms. The summed E-state index contributed by atoms with van der Waals surface area (Å²) in [6.07, 6.45) is 2.14. The van der Waals surface area contributed by atoms with E-state index in [0.717, 1.165) is 16.7 Å². The molecule has 72 valence electrons. The highest BCUT2D eigenvalue weighted by Crippen LogP contribution is 2.31. The maximum atomic E-state index is 11.8. The number of hydrogen-bond donors (Lipinski definition) is 0. The second-order valence-electron chi connectivity index (χ2n) is 3.66. The summed E-state index contributed by atoms with van der Waals surface area (Å²) in [5, 5.41) is 0. The third-order valence-corrected chi connectivity index (χ3v) is 2.73. The number of carbonyl (C=O) groups is 1. The van der Waals surface area contributed by atoms with Crippen LogP contribution in [0.2, 0.25) is 0 Å². The van der Waals surface area contributed by atoms with Gasteiger partial charge in [0.15, 0.2) is 5.78 Å². The van der Waals surface area contributed by atoms with Crippen LogP contribution in [0.1, 0.15) is 16.1 Å². The van der Waals surface area contributed by atoms with E-state index in [9.17, 15) is 4.79 Å². The van der Waals surface area contributed by atoms with Gasteiger partial charge >= 0.3 is 0 Å². The molecule has 2 aromatic rings. The molecule has 0 unspecified atom stereocenters. The number of rotatable bonds is 0. The molecule has 2 heteroatoms. The molecule has 0 fully saturated rings. The van der Waals surface area contributed by atoms with E-state index in [4.69, 9.17) is 0 Å². The highest BCUT2D eigenvalue weighted by Gasteiger charge is 2.22. The van der Waals surface area contributed by atoms with Gasteiger partial charge in [0, 0.05) is 18.2 Å². The maximum absolute atomic E-state index is 11.8. The second kappa shape index (κ2) is 3.02. The monoisotopic (exact) mass is 195 g/mol. The lowest BCUT2D eigenvalue weighted by Gasteiger charge is -2.17. The minimum atomic E-state index is 0.115. The van der Waals surface area contributed by atoms with Gasteiger partial charge in [-0.1, -0.05) is 30.3 Å². The van der Waals surface area contributed by atoms with Crippen LogP contribution in [0, 0.1) is 0 Å². The van der Waals surface area contributed by atoms with Crippen molar-refractivity contribution in [2.75, 3.05) is 0 Å². The van der Waals surface area contributed by atoms with Gasteiger partial charge in [-0.3, -0.25) is 9.78 Å². The van der Waals surface area contributed by atoms with Gasteiger partial charge in [-0.2, -0.15) is 0 Å². The van der Waals surface area contributed by atoms with Gasteiger partial charge in [-0.15, -0.1) is 0 Å². The van der Waals surface area contributed by atoms with Crippen LogP contribution < -0.4 is 0 Å². The zero-order valence-corrected chi connectivity index (χ0v) is 8.10. The number of benzene rings is 1. The minimum Gasteiger partial charge on any atom is -0.292 e. The van der Waals surface area contributed by atoms with Crippen molar-refractivity contribution < 1.29 is 4.79 Å². The Balaban J connectivity index is 2.34. The highest BCUT2D eigenvalue weighted by atomic mass is 16.1. The molecule has 2 nitrogen and oxygen atoms in total. The van der Waals surface area contributed by atoms with E-state index in [1.807, 2.05) is 36.4 Å². The SMILES string of the molecule is O=C1Cc2ccccc2-c2cccnc21. The number of ketones is 1. The average Bonchev–Trinajstić information content (AvgIpc) is 2.30. The van der Waals surface area contributed by atoms with Crippen LogP contribution in [-0.2, 0) is 6.42 Å². The van der Waals surface area contributed by atoms with Crippen LogP contribution in [-0.4, -0.2) is 10.8 Å². The first kappa shape index (κ1) is 8.36. The molecule has 1 heterocycles. The maximum Gasteiger partial charge on any atom is 0.186 e. The number of nitrogens with zero attached hydrogens (tertiary/aromatic N) is 1. The van der Waals surface area contributed by atoms with Crippen molar-refractivity contribution in [2.24, 2.45) is 0 Å². The van der Waals surface area contributed by atoms with Gasteiger partial charge in [0.1, 0.15) is 5.69 Å². The fourth-order valence-electron chi connectivity index (χ4n) is 2.04. The Morgan fingerprint density at radius 3 is 2.73 bits per heavy atom. The van der Waals surface area contributed by atoms with Gasteiger partial charge in [-0.25, -0.2) is 0 Å². The third-order valence-electron chi connectivity index (χ3n) is 2.73. The van der Waals surface area contributed by atoms with E-state index in [1.165, 1.54) is 0 Å². The summed E-state index contributed by atoms with van der Waals surface area (Å²) in [5.41, 5.74) is 3.81. The molecule has 0 saturated heterocycles. The number of hydrogen-bond acceptors (Lipinski definition) is 2. The zero-order valence-electron chi connectivity index (χ0n) is 8.10. The summed E-state index contributed by atoms with van der Waals surface area (Å²) < 4.78 is 0. The van der Waals surface area contributed by atoms with Crippen molar-refractivity contribution in [2.45, 2.75) is 6.42 Å². The van der Waals surface area contributed by atoms with Crippen LogP contribution in [0.15, 0.2) is 42.6 Å². The molecule has 1 aromatic carbocycles. The average molecular weight is 195 g/mol. The Morgan fingerprint density at radius 1 is 1.00 bits per heavy atom. The van der Waals surface area contributed by atoms with Crippen LogP contribution in [0.3, 0.4) is 0 Å². The summed E-state index contributed by atoms with van der Waals surface area (Å²) >= 11 is 0. The van der Waals surface area contributed by atoms with E-state index in [0.29, 0.717) is 12.1 Å². The summed E-state index contributed by atoms with van der Waals surface area (Å²) in [5.74, 6) is 0.115. The number of fused-ring (bicyclic) bond motifs is 3. The van der Waals surface area contributed by atoms with Gasteiger partial charge < -0.3 is 0 Å². The molecular formula is C13H9NO. The predicted molar refractivity (Wildman–Crippen MR) is 57.7 cm³/mol. The Kier molecular flexibility index (Phi) is 1.68. The van der Waals surface area contributed by atoms with Crippen molar-refractivity contribution in [3.63, 3.8) is 0 Å². The molecule has 0 spiro atoms. The van der Waals surface area contributed by atoms with Crippen molar-refractivity contribution in [1.82, 2.24) is 4.98 Å². The first-order valence-corrected chi connectivity index (χ1v) is 4.93. The van der Waals surface area contributed by atoms with E-state index in [2.05, 4.69) is 4.98 Å². The lowest BCUT2D eigenvalue weighted by Crippen LogP contribution is -2.13. The summed E-state index contributed by atoms with van der Waals surface area (Å²) in [6, 6.07) is 11.8. The van der Waals surface area contributed by atoms with Crippen molar-refractivity contribution in [3.05, 3.63) is 53.9 Å². The van der Waals surface area contributed by atoms with Crippen LogP contribution in [0.4, 0.5) is 0 Å². The Hall–Kier alpha value is -1.96. The molecule has 0 N–H and O–H groups in total. The van der Waals surface area contributed by atoms with Gasteiger partial charge in [0.2, 0.25) is 0 Å². The molecule has 1 aliphatic rings. The van der Waals surface area contributed by atoms with E-state index in [-0.39, 0.29) is 5.78 Å². The largest absolute Gasteiger partial charge is 0.292 e. The van der Waals surface area contributed by atoms with Gasteiger partial charge in [0.05, 0.1) is 0 Å². The van der Waals surface area contributed by atoms with Crippen LogP contribution >= 0.6 is 0 Å². The number of Topliss-reactive ketones (excluding diaryl/α,β-unsaturated/α-hetero) is 1. The van der Waals surface area contributed by atoms with E-state index < -0.39 is 0 Å². The van der Waals surface area contributed by atoms with Crippen LogP contribution in [0.5, 0.6) is 0 Å². The molecule has 1 aliphatic carbocycles. The summed E-state index contributed by atoms with van der Waals surface area (Å²) in [6.45, 7) is 0. The standard InChI is InChI=1S/C13H9NO/c15-12-8-9-4-1-2-5-10(9)11-6-3-7-14-13(11)12/h1-7H,8H2. The Bertz CT molecular complexity index is 546. The molecule has 0 radical (unpaired) electrons. The molecular weight excluding hydrogens is 186 g/mol. The molecule has 1 aromatic heterocycles. The molecule has 3 rings (SSSR count). The van der Waals surface area contributed by atoms with Crippen LogP contribution in [0.25, 0.3) is 11.1 Å². The molecule has 0 amide bonds. The Labute approximate surface area is 87.6 Å². The molecule has 0 bridgehead atoms. The number of aromatic nitrogens is 1. The zero-order chi connectivity index (χ0) is 10.3. The topological polar surface area (TPSA) is 30.0 Å². The van der Waals surface area contributed by atoms with E-state index >= 15 is 0 Å². The predicted octanol–water partition coefficient (Wildman–Crippen LogP) is 2.49. The van der Waals surface area contributed by atoms with Gasteiger partial charge in [-0.05, 0) is 17.2 Å². The molecule has 0 aliphatic heterocycles. The molecule has 0 saturated carbocycles. The number of pyridine rings is 1. The first-order chi connectivity index (χ1) is 7.36. The fourth-order valence-corrected chi connectivity index (χ4v) is 2.04.